The van der Waals surface area contributed by atoms with Gasteiger partial charge in [0.2, 0.25) is 0 Å². The molecule has 0 bridgehead atoms. The summed E-state index contributed by atoms with van der Waals surface area (Å²) in [4.78, 5) is 10.3. The number of carbonyl (C=O) groups excluding carboxylic acids is 1. The van der Waals surface area contributed by atoms with Crippen molar-refractivity contribution in [3.8, 4) is 0 Å². The summed E-state index contributed by atoms with van der Waals surface area (Å²) in [6.45, 7) is 0.465. The number of carbonyl (C=O) groups is 1. The van der Waals surface area contributed by atoms with Gasteiger partial charge in [-0.1, -0.05) is 5.21 Å². The van der Waals surface area contributed by atoms with Crippen LogP contribution in [0.5, 0.6) is 0 Å². The lowest BCUT2D eigenvalue weighted by Crippen LogP contribution is -1.98. The van der Waals surface area contributed by atoms with Crippen molar-refractivity contribution in [1.82, 2.24) is 15.0 Å². The summed E-state index contributed by atoms with van der Waals surface area (Å²) in [5.41, 5.74) is 0.315. The molecule has 5 nitrogen and oxygen atoms in total. The Balaban J connectivity index is 2.14. The molecule has 0 N–H and O–H groups in total. The van der Waals surface area contributed by atoms with Gasteiger partial charge in [-0.2, -0.15) is 0 Å². The van der Waals surface area contributed by atoms with Crippen LogP contribution in [0.2, 0.25) is 0 Å². The van der Waals surface area contributed by atoms with Crippen molar-refractivity contribution in [3.05, 3.63) is 34.5 Å². The maximum Gasteiger partial charge on any atom is 0.171 e. The molecule has 0 saturated heterocycles. The molecule has 0 aliphatic heterocycles. The maximum absolute atomic E-state index is 10.3. The van der Waals surface area contributed by atoms with Crippen molar-refractivity contribution in [2.45, 2.75) is 6.54 Å². The average Bonchev–Trinajstić information content (AvgIpc) is 2.76. The smallest absolute Gasteiger partial charge is 0.171 e. The minimum Gasteiger partial charge on any atom is -0.452 e. The second-order valence-corrected chi connectivity index (χ2v) is 3.45. The molecule has 0 fully saturated rings. The van der Waals surface area contributed by atoms with Crippen molar-refractivity contribution >= 4 is 22.2 Å². The van der Waals surface area contributed by atoms with Crippen molar-refractivity contribution < 1.29 is 9.21 Å². The van der Waals surface area contributed by atoms with Crippen LogP contribution in [0.1, 0.15) is 16.2 Å². The number of halogens is 1. The normalized spacial score (nSPS) is 10.4. The van der Waals surface area contributed by atoms with Crippen molar-refractivity contribution in [1.29, 1.82) is 0 Å². The minimum atomic E-state index is 0.315. The third kappa shape index (κ3) is 1.90. The van der Waals surface area contributed by atoms with E-state index in [-0.39, 0.29) is 0 Å². The number of hydrogen-bond acceptors (Lipinski definition) is 4. The van der Waals surface area contributed by atoms with Gasteiger partial charge in [-0.25, -0.2) is 4.68 Å². The monoisotopic (exact) mass is 255 g/mol. The van der Waals surface area contributed by atoms with Crippen LogP contribution in [-0.2, 0) is 6.54 Å². The lowest BCUT2D eigenvalue weighted by Gasteiger charge is -1.94. The molecule has 14 heavy (non-hydrogen) atoms. The molecule has 0 aliphatic rings. The van der Waals surface area contributed by atoms with E-state index < -0.39 is 0 Å². The van der Waals surface area contributed by atoms with Crippen LogP contribution in [0.3, 0.4) is 0 Å². The molecule has 2 rings (SSSR count). The SMILES string of the molecule is O=Cc1cn(Cc2ccc(Br)o2)nn1. The highest BCUT2D eigenvalue weighted by atomic mass is 79.9. The summed E-state index contributed by atoms with van der Waals surface area (Å²) in [6.07, 6.45) is 2.21. The van der Waals surface area contributed by atoms with Crippen LogP contribution in [0.4, 0.5) is 0 Å². The molecule has 0 radical (unpaired) electrons. The zero-order valence-electron chi connectivity index (χ0n) is 7.05. The Morgan fingerprint density at radius 1 is 1.57 bits per heavy atom. The number of furan rings is 1. The van der Waals surface area contributed by atoms with Gasteiger partial charge < -0.3 is 4.42 Å². The predicted octanol–water partition coefficient (Wildman–Crippen LogP) is 1.49. The molecule has 6 heteroatoms. The van der Waals surface area contributed by atoms with Crippen LogP contribution < -0.4 is 0 Å². The van der Waals surface area contributed by atoms with E-state index in [4.69, 9.17) is 4.42 Å². The first-order chi connectivity index (χ1) is 6.78. The molecule has 0 unspecified atom stereocenters. The minimum absolute atomic E-state index is 0.315. The van der Waals surface area contributed by atoms with E-state index in [9.17, 15) is 4.79 Å². The summed E-state index contributed by atoms with van der Waals surface area (Å²) in [5, 5.41) is 7.38. The van der Waals surface area contributed by atoms with E-state index in [1.807, 2.05) is 6.07 Å². The van der Waals surface area contributed by atoms with Crippen molar-refractivity contribution in [2.75, 3.05) is 0 Å². The Bertz CT molecular complexity index is 449. The van der Waals surface area contributed by atoms with Crippen LogP contribution >= 0.6 is 15.9 Å². The van der Waals surface area contributed by atoms with Gasteiger partial charge in [0.1, 0.15) is 18.0 Å². The Kier molecular flexibility index (Phi) is 2.45. The van der Waals surface area contributed by atoms with Gasteiger partial charge in [-0.3, -0.25) is 4.79 Å². The number of hydrogen-bond donors (Lipinski definition) is 0. The summed E-state index contributed by atoms with van der Waals surface area (Å²) in [6, 6.07) is 3.62. The molecule has 0 aliphatic carbocycles. The fourth-order valence-corrected chi connectivity index (χ4v) is 1.38. The topological polar surface area (TPSA) is 60.9 Å². The Morgan fingerprint density at radius 2 is 2.43 bits per heavy atom. The highest BCUT2D eigenvalue weighted by Crippen LogP contribution is 2.14. The van der Waals surface area contributed by atoms with E-state index in [2.05, 4.69) is 26.2 Å². The molecular weight excluding hydrogens is 250 g/mol. The second-order valence-electron chi connectivity index (χ2n) is 2.66. The van der Waals surface area contributed by atoms with Gasteiger partial charge in [-0.05, 0) is 28.1 Å². The average molecular weight is 256 g/mol. The largest absolute Gasteiger partial charge is 0.452 e. The molecule has 2 aromatic heterocycles. The van der Waals surface area contributed by atoms with E-state index in [1.165, 1.54) is 4.68 Å². The highest BCUT2D eigenvalue weighted by molar-refractivity contribution is 9.10. The predicted molar refractivity (Wildman–Crippen MR) is 50.9 cm³/mol. The first-order valence-electron chi connectivity index (χ1n) is 3.87. The quantitative estimate of drug-likeness (QED) is 0.780. The Hall–Kier alpha value is -1.43. The van der Waals surface area contributed by atoms with E-state index in [0.717, 1.165) is 5.76 Å². The van der Waals surface area contributed by atoms with E-state index >= 15 is 0 Å². The second kappa shape index (κ2) is 3.75. The third-order valence-corrected chi connectivity index (χ3v) is 2.05. The van der Waals surface area contributed by atoms with Gasteiger partial charge in [0.05, 0.1) is 6.20 Å². The summed E-state index contributed by atoms with van der Waals surface area (Å²) in [7, 11) is 0. The van der Waals surface area contributed by atoms with Crippen LogP contribution in [0, 0.1) is 0 Å². The first-order valence-corrected chi connectivity index (χ1v) is 4.67. The van der Waals surface area contributed by atoms with Gasteiger partial charge in [-0.15, -0.1) is 5.10 Å². The fraction of sp³-hybridized carbons (Fsp3) is 0.125. The molecule has 0 atom stereocenters. The molecule has 0 saturated carbocycles. The maximum atomic E-state index is 10.3. The Labute approximate surface area is 87.8 Å². The molecule has 0 amide bonds. The summed E-state index contributed by atoms with van der Waals surface area (Å²) in [5.74, 6) is 0.749. The third-order valence-electron chi connectivity index (χ3n) is 1.62. The fourth-order valence-electron chi connectivity index (χ4n) is 1.04. The van der Waals surface area contributed by atoms with Crippen LogP contribution in [0.25, 0.3) is 0 Å². The lowest BCUT2D eigenvalue weighted by molar-refractivity contribution is 0.111. The van der Waals surface area contributed by atoms with Crippen molar-refractivity contribution in [2.24, 2.45) is 0 Å². The number of rotatable bonds is 3. The molecule has 0 aromatic carbocycles. The van der Waals surface area contributed by atoms with Crippen LogP contribution in [-0.4, -0.2) is 21.3 Å². The van der Waals surface area contributed by atoms with Gasteiger partial charge in [0.15, 0.2) is 11.0 Å². The molecule has 2 aromatic rings. The number of aldehydes is 1. The molecular formula is C8H6BrN3O2. The Morgan fingerprint density at radius 3 is 3.00 bits per heavy atom. The summed E-state index contributed by atoms with van der Waals surface area (Å²) >= 11 is 3.20. The lowest BCUT2D eigenvalue weighted by atomic mass is 10.4. The van der Waals surface area contributed by atoms with E-state index in [0.29, 0.717) is 23.2 Å². The van der Waals surface area contributed by atoms with E-state index in [1.54, 1.807) is 12.3 Å². The molecule has 0 spiro atoms. The number of nitrogens with zero attached hydrogens (tertiary/aromatic N) is 3. The first kappa shape index (κ1) is 9.14. The van der Waals surface area contributed by atoms with Gasteiger partial charge in [0.25, 0.3) is 0 Å². The number of aromatic nitrogens is 3. The van der Waals surface area contributed by atoms with Gasteiger partial charge in [0, 0.05) is 0 Å². The zero-order valence-corrected chi connectivity index (χ0v) is 8.64. The zero-order chi connectivity index (χ0) is 9.97. The van der Waals surface area contributed by atoms with Gasteiger partial charge >= 0.3 is 0 Å². The van der Waals surface area contributed by atoms with Crippen LogP contribution in [0.15, 0.2) is 27.4 Å². The molecule has 72 valence electrons. The summed E-state index contributed by atoms with van der Waals surface area (Å²) < 4.78 is 7.48. The standard InChI is InChI=1S/C8H6BrN3O2/c9-8-2-1-7(14-8)4-12-3-6(5-13)10-11-12/h1-3,5H,4H2. The molecule has 2 heterocycles. The highest BCUT2D eigenvalue weighted by Gasteiger charge is 2.03. The van der Waals surface area contributed by atoms with Crippen molar-refractivity contribution in [3.63, 3.8) is 0 Å².